The summed E-state index contributed by atoms with van der Waals surface area (Å²) < 4.78 is 26.3. The fraction of sp³-hybridized carbons (Fsp3) is 0.300. The Hall–Kier alpha value is -1.71. The number of hydrogen-bond donors (Lipinski definition) is 3. The summed E-state index contributed by atoms with van der Waals surface area (Å²) >= 11 is 0. The smallest absolute Gasteiger partial charge is 0.147 e. The van der Waals surface area contributed by atoms with Gasteiger partial charge in [-0.05, 0) is 6.07 Å². The molecule has 1 aromatic carbocycles. The summed E-state index contributed by atoms with van der Waals surface area (Å²) in [5.74, 6) is -1.63. The van der Waals surface area contributed by atoms with E-state index in [1.54, 1.807) is 0 Å². The van der Waals surface area contributed by atoms with Crippen molar-refractivity contribution in [2.45, 2.75) is 6.10 Å². The molecule has 1 aromatic rings. The molecule has 6 heteroatoms. The van der Waals surface area contributed by atoms with E-state index in [2.05, 4.69) is 5.32 Å². The van der Waals surface area contributed by atoms with Crippen LogP contribution in [0, 0.1) is 23.0 Å². The molecular weight excluding hydrogens is 218 g/mol. The van der Waals surface area contributed by atoms with Crippen LogP contribution < -0.4 is 5.32 Å². The molecule has 0 aliphatic carbocycles. The number of aliphatic hydroxyl groups is 2. The predicted octanol–water partition coefficient (Wildman–Crippen LogP) is 0.602. The van der Waals surface area contributed by atoms with Crippen molar-refractivity contribution in [3.63, 3.8) is 0 Å². The van der Waals surface area contributed by atoms with Gasteiger partial charge in [0.25, 0.3) is 0 Å². The maximum absolute atomic E-state index is 13.2. The van der Waals surface area contributed by atoms with E-state index in [0.29, 0.717) is 0 Å². The second-order valence-electron chi connectivity index (χ2n) is 3.14. The van der Waals surface area contributed by atoms with Gasteiger partial charge in [0, 0.05) is 12.6 Å². The summed E-state index contributed by atoms with van der Waals surface area (Å²) in [7, 11) is 0. The third kappa shape index (κ3) is 2.89. The number of hydrogen-bond acceptors (Lipinski definition) is 4. The van der Waals surface area contributed by atoms with Gasteiger partial charge < -0.3 is 15.5 Å². The van der Waals surface area contributed by atoms with Gasteiger partial charge in [0.1, 0.15) is 17.7 Å². The van der Waals surface area contributed by atoms with Crippen LogP contribution in [0.5, 0.6) is 0 Å². The minimum atomic E-state index is -1.06. The number of benzene rings is 1. The maximum Gasteiger partial charge on any atom is 0.147 e. The topological polar surface area (TPSA) is 76.3 Å². The lowest BCUT2D eigenvalue weighted by Gasteiger charge is -2.11. The minimum Gasteiger partial charge on any atom is -0.394 e. The fourth-order valence-electron chi connectivity index (χ4n) is 1.06. The number of halogens is 2. The van der Waals surface area contributed by atoms with Gasteiger partial charge in [-0.15, -0.1) is 0 Å². The first-order valence-corrected chi connectivity index (χ1v) is 4.50. The third-order valence-corrected chi connectivity index (χ3v) is 1.92. The zero-order valence-corrected chi connectivity index (χ0v) is 8.24. The van der Waals surface area contributed by atoms with Gasteiger partial charge in [0.05, 0.1) is 24.0 Å². The molecule has 0 fully saturated rings. The molecule has 0 saturated heterocycles. The lowest BCUT2D eigenvalue weighted by atomic mass is 10.2. The van der Waals surface area contributed by atoms with Crippen LogP contribution in [0.3, 0.4) is 0 Å². The minimum absolute atomic E-state index is 0.112. The Bertz CT molecular complexity index is 418. The quantitative estimate of drug-likeness (QED) is 0.705. The monoisotopic (exact) mass is 228 g/mol. The molecule has 0 bridgehead atoms. The molecule has 0 saturated carbocycles. The molecule has 1 rings (SSSR count). The van der Waals surface area contributed by atoms with Crippen LogP contribution in [-0.4, -0.2) is 29.5 Å². The Morgan fingerprint density at radius 1 is 1.38 bits per heavy atom. The standard InChI is InChI=1S/C10H10F2N2O2/c11-8-2-10(14-4-7(16)5-15)9(12)1-6(8)3-13/h1-2,7,14-16H,4-5H2. The molecule has 4 nitrogen and oxygen atoms in total. The summed E-state index contributed by atoms with van der Waals surface area (Å²) in [6, 6.07) is 3.11. The summed E-state index contributed by atoms with van der Waals surface area (Å²) in [6.07, 6.45) is -1.06. The molecule has 0 aliphatic rings. The van der Waals surface area contributed by atoms with E-state index < -0.39 is 24.3 Å². The van der Waals surface area contributed by atoms with Crippen LogP contribution in [0.1, 0.15) is 5.56 Å². The highest BCUT2D eigenvalue weighted by Gasteiger charge is 2.10. The molecule has 0 heterocycles. The van der Waals surface area contributed by atoms with Crippen LogP contribution in [0.15, 0.2) is 12.1 Å². The van der Waals surface area contributed by atoms with E-state index >= 15 is 0 Å². The summed E-state index contributed by atoms with van der Waals surface area (Å²) in [5.41, 5.74) is -0.547. The van der Waals surface area contributed by atoms with Crippen molar-refractivity contribution < 1.29 is 19.0 Å². The first-order chi connectivity index (χ1) is 7.58. The van der Waals surface area contributed by atoms with Crippen LogP contribution >= 0.6 is 0 Å². The van der Waals surface area contributed by atoms with Gasteiger partial charge in [0.15, 0.2) is 0 Å². The molecule has 1 unspecified atom stereocenters. The van der Waals surface area contributed by atoms with Crippen molar-refractivity contribution in [3.8, 4) is 6.07 Å². The molecule has 3 N–H and O–H groups in total. The normalized spacial score (nSPS) is 11.9. The molecule has 1 atom stereocenters. The van der Waals surface area contributed by atoms with Crippen molar-refractivity contribution in [2.75, 3.05) is 18.5 Å². The van der Waals surface area contributed by atoms with Crippen LogP contribution in [0.4, 0.5) is 14.5 Å². The Kier molecular flexibility index (Phi) is 4.17. The number of nitriles is 1. The lowest BCUT2D eigenvalue weighted by Crippen LogP contribution is -2.23. The van der Waals surface area contributed by atoms with Gasteiger partial charge >= 0.3 is 0 Å². The summed E-state index contributed by atoms with van der Waals surface area (Å²) in [6.45, 7) is -0.591. The Balaban J connectivity index is 2.82. The van der Waals surface area contributed by atoms with E-state index in [9.17, 15) is 8.78 Å². The molecule has 0 aliphatic heterocycles. The average Bonchev–Trinajstić information content (AvgIpc) is 2.29. The Morgan fingerprint density at radius 3 is 2.62 bits per heavy atom. The summed E-state index contributed by atoms with van der Waals surface area (Å²) in [5, 5.41) is 28.4. The molecule has 16 heavy (non-hydrogen) atoms. The fourth-order valence-corrected chi connectivity index (χ4v) is 1.06. The highest BCUT2D eigenvalue weighted by atomic mass is 19.1. The molecule has 0 spiro atoms. The van der Waals surface area contributed by atoms with Crippen molar-refractivity contribution in [1.82, 2.24) is 0 Å². The molecule has 86 valence electrons. The molecule has 0 amide bonds. The van der Waals surface area contributed by atoms with E-state index in [0.717, 1.165) is 12.1 Å². The molecular formula is C10H10F2N2O2. The molecule has 0 radical (unpaired) electrons. The second kappa shape index (κ2) is 5.39. The molecule has 0 aromatic heterocycles. The lowest BCUT2D eigenvalue weighted by molar-refractivity contribution is 0.105. The van der Waals surface area contributed by atoms with Gasteiger partial charge in [-0.1, -0.05) is 0 Å². The van der Waals surface area contributed by atoms with E-state index in [1.165, 1.54) is 6.07 Å². The van der Waals surface area contributed by atoms with Gasteiger partial charge in [0.2, 0.25) is 0 Å². The average molecular weight is 228 g/mol. The second-order valence-corrected chi connectivity index (χ2v) is 3.14. The number of nitrogens with one attached hydrogen (secondary N) is 1. The number of aliphatic hydroxyl groups excluding tert-OH is 2. The van der Waals surface area contributed by atoms with Crippen molar-refractivity contribution in [1.29, 1.82) is 5.26 Å². The van der Waals surface area contributed by atoms with Crippen LogP contribution in [-0.2, 0) is 0 Å². The largest absolute Gasteiger partial charge is 0.394 e. The number of nitrogens with zero attached hydrogens (tertiary/aromatic N) is 1. The third-order valence-electron chi connectivity index (χ3n) is 1.92. The van der Waals surface area contributed by atoms with Crippen LogP contribution in [0.2, 0.25) is 0 Å². The van der Waals surface area contributed by atoms with Crippen LogP contribution in [0.25, 0.3) is 0 Å². The first kappa shape index (κ1) is 12.4. The Morgan fingerprint density at radius 2 is 2.06 bits per heavy atom. The first-order valence-electron chi connectivity index (χ1n) is 4.50. The zero-order valence-electron chi connectivity index (χ0n) is 8.24. The predicted molar refractivity (Wildman–Crippen MR) is 52.7 cm³/mol. The maximum atomic E-state index is 13.2. The van der Waals surface area contributed by atoms with Crippen molar-refractivity contribution in [2.24, 2.45) is 0 Å². The van der Waals surface area contributed by atoms with Gasteiger partial charge in [-0.2, -0.15) is 5.26 Å². The highest BCUT2D eigenvalue weighted by Crippen LogP contribution is 2.18. The van der Waals surface area contributed by atoms with E-state index in [-0.39, 0.29) is 17.8 Å². The van der Waals surface area contributed by atoms with E-state index in [1.807, 2.05) is 0 Å². The number of anilines is 1. The summed E-state index contributed by atoms with van der Waals surface area (Å²) in [4.78, 5) is 0. The number of rotatable bonds is 4. The van der Waals surface area contributed by atoms with Crippen molar-refractivity contribution in [3.05, 3.63) is 29.3 Å². The zero-order chi connectivity index (χ0) is 12.1. The SMILES string of the molecule is N#Cc1cc(F)c(NCC(O)CO)cc1F. The Labute approximate surface area is 90.8 Å². The highest BCUT2D eigenvalue weighted by molar-refractivity contribution is 5.49. The van der Waals surface area contributed by atoms with Gasteiger partial charge in [-0.25, -0.2) is 8.78 Å². The van der Waals surface area contributed by atoms with Gasteiger partial charge in [-0.3, -0.25) is 0 Å². The van der Waals surface area contributed by atoms with Crippen molar-refractivity contribution >= 4 is 5.69 Å². The van der Waals surface area contributed by atoms with E-state index in [4.69, 9.17) is 15.5 Å².